The second-order valence-corrected chi connectivity index (χ2v) is 9.14. The number of amides is 1. The Morgan fingerprint density at radius 3 is 2.44 bits per heavy atom. The summed E-state index contributed by atoms with van der Waals surface area (Å²) in [5.41, 5.74) is 1.38. The van der Waals surface area contributed by atoms with E-state index in [-0.39, 0.29) is 20.5 Å². The molecule has 0 unspecified atom stereocenters. The molecule has 0 saturated heterocycles. The molecule has 8 heteroatoms. The summed E-state index contributed by atoms with van der Waals surface area (Å²) in [4.78, 5) is 12.2. The molecule has 0 aliphatic carbocycles. The highest BCUT2D eigenvalue weighted by atomic mass is 35.5. The van der Waals surface area contributed by atoms with Crippen molar-refractivity contribution in [3.05, 3.63) is 57.6 Å². The van der Waals surface area contributed by atoms with Gasteiger partial charge >= 0.3 is 0 Å². The Hall–Kier alpha value is -1.76. The molecule has 0 fully saturated rings. The lowest BCUT2D eigenvalue weighted by Crippen LogP contribution is -2.26. The lowest BCUT2D eigenvalue weighted by Gasteiger charge is -2.13. The van der Waals surface area contributed by atoms with Gasteiger partial charge < -0.3 is 5.32 Å². The van der Waals surface area contributed by atoms with Crippen molar-refractivity contribution in [2.45, 2.75) is 32.1 Å². The number of nitrogens with one attached hydrogen (secondary N) is 2. The summed E-state index contributed by atoms with van der Waals surface area (Å²) in [7, 11) is -3.99. The molecule has 0 saturated carbocycles. The number of benzene rings is 2. The molecule has 2 aromatic rings. The summed E-state index contributed by atoms with van der Waals surface area (Å²) < 4.78 is 28.0. The van der Waals surface area contributed by atoms with Crippen LogP contribution < -0.4 is 10.0 Å². The number of anilines is 1. The van der Waals surface area contributed by atoms with Gasteiger partial charge in [-0.15, -0.1) is 0 Å². The molecule has 5 nitrogen and oxygen atoms in total. The third-order valence-electron chi connectivity index (χ3n) is 3.83. The van der Waals surface area contributed by atoms with Gasteiger partial charge in [-0.1, -0.05) is 49.2 Å². The van der Waals surface area contributed by atoms with Crippen LogP contribution in [0.5, 0.6) is 0 Å². The first-order chi connectivity index (χ1) is 12.6. The van der Waals surface area contributed by atoms with Gasteiger partial charge in [-0.25, -0.2) is 8.42 Å². The molecule has 0 aliphatic heterocycles. The van der Waals surface area contributed by atoms with Crippen LogP contribution in [0.3, 0.4) is 0 Å². The quantitative estimate of drug-likeness (QED) is 0.659. The van der Waals surface area contributed by atoms with E-state index >= 15 is 0 Å². The van der Waals surface area contributed by atoms with Gasteiger partial charge in [-0.2, -0.15) is 0 Å². The molecule has 0 spiro atoms. The van der Waals surface area contributed by atoms with Crippen molar-refractivity contribution in [3.63, 3.8) is 0 Å². The van der Waals surface area contributed by atoms with Gasteiger partial charge in [0.2, 0.25) is 0 Å². The van der Waals surface area contributed by atoms with Crippen molar-refractivity contribution < 1.29 is 13.2 Å². The Morgan fingerprint density at radius 2 is 1.81 bits per heavy atom. The van der Waals surface area contributed by atoms with E-state index in [0.717, 1.165) is 12.0 Å². The highest BCUT2D eigenvalue weighted by molar-refractivity contribution is 7.92. The van der Waals surface area contributed by atoms with Gasteiger partial charge in [0, 0.05) is 12.2 Å². The molecule has 0 aliphatic rings. The number of hydrogen-bond donors (Lipinski definition) is 2. The number of sulfonamides is 1. The molecule has 27 heavy (non-hydrogen) atoms. The fourth-order valence-electron chi connectivity index (χ4n) is 2.40. The number of rotatable bonds is 7. The van der Waals surface area contributed by atoms with Crippen LogP contribution in [-0.4, -0.2) is 20.9 Å². The number of aryl methyl sites for hydroxylation is 1. The first-order valence-electron chi connectivity index (χ1n) is 8.47. The van der Waals surface area contributed by atoms with Crippen LogP contribution in [0.2, 0.25) is 10.0 Å². The summed E-state index contributed by atoms with van der Waals surface area (Å²) in [6.45, 7) is 6.41. The normalized spacial score (nSPS) is 11.5. The molecule has 0 bridgehead atoms. The molecule has 0 aromatic heterocycles. The zero-order valence-corrected chi connectivity index (χ0v) is 17.7. The minimum Gasteiger partial charge on any atom is -0.352 e. The third-order valence-corrected chi connectivity index (χ3v) is 5.99. The topological polar surface area (TPSA) is 75.3 Å². The Labute approximate surface area is 170 Å². The molecule has 0 heterocycles. The third kappa shape index (κ3) is 5.86. The number of hydrogen-bond acceptors (Lipinski definition) is 3. The van der Waals surface area contributed by atoms with Gasteiger partial charge in [0.25, 0.3) is 15.9 Å². The van der Waals surface area contributed by atoms with Crippen LogP contribution in [0, 0.1) is 12.8 Å². The summed E-state index contributed by atoms with van der Waals surface area (Å²) in [5.74, 6) is -0.00946. The van der Waals surface area contributed by atoms with Crippen LogP contribution >= 0.6 is 23.2 Å². The molecule has 2 N–H and O–H groups in total. The molecule has 0 atom stereocenters. The lowest BCUT2D eigenvalue weighted by molar-refractivity contribution is 0.0952. The maximum atomic E-state index is 12.8. The fourth-order valence-corrected chi connectivity index (χ4v) is 4.31. The zero-order chi connectivity index (χ0) is 20.2. The number of carbonyl (C=O) groups is 1. The van der Waals surface area contributed by atoms with Crippen molar-refractivity contribution >= 4 is 44.8 Å². The largest absolute Gasteiger partial charge is 0.352 e. The maximum absolute atomic E-state index is 12.8. The van der Waals surface area contributed by atoms with Crippen LogP contribution in [0.1, 0.15) is 36.2 Å². The molecule has 2 aromatic carbocycles. The van der Waals surface area contributed by atoms with E-state index in [1.165, 1.54) is 12.1 Å². The fraction of sp³-hybridized carbons (Fsp3) is 0.316. The highest BCUT2D eigenvalue weighted by Crippen LogP contribution is 2.30. The molecule has 2 rings (SSSR count). The highest BCUT2D eigenvalue weighted by Gasteiger charge is 2.23. The number of carbonyl (C=O) groups excluding carboxylic acids is 1. The van der Waals surface area contributed by atoms with E-state index in [4.69, 9.17) is 23.2 Å². The second-order valence-electron chi connectivity index (χ2n) is 6.68. The predicted molar refractivity (Wildman–Crippen MR) is 110 cm³/mol. The Kier molecular flexibility index (Phi) is 7.14. The molecular weight excluding hydrogens is 407 g/mol. The first kappa shape index (κ1) is 21.5. The smallest absolute Gasteiger partial charge is 0.263 e. The van der Waals surface area contributed by atoms with Gasteiger partial charge in [0.1, 0.15) is 4.90 Å². The maximum Gasteiger partial charge on any atom is 0.263 e. The average Bonchev–Trinajstić information content (AvgIpc) is 2.53. The van der Waals surface area contributed by atoms with E-state index in [1.807, 2.05) is 26.8 Å². The van der Waals surface area contributed by atoms with Crippen LogP contribution in [0.15, 0.2) is 41.3 Å². The molecule has 146 valence electrons. The minimum absolute atomic E-state index is 0.0566. The summed E-state index contributed by atoms with van der Waals surface area (Å²) in [5, 5.41) is 2.78. The van der Waals surface area contributed by atoms with E-state index in [9.17, 15) is 13.2 Å². The Bertz CT molecular complexity index is 944. The molecular formula is C19H22Cl2N2O3S. The number of halogens is 2. The summed E-state index contributed by atoms with van der Waals surface area (Å²) >= 11 is 12.2. The van der Waals surface area contributed by atoms with Crippen molar-refractivity contribution in [2.24, 2.45) is 5.92 Å². The zero-order valence-electron chi connectivity index (χ0n) is 15.3. The van der Waals surface area contributed by atoms with E-state index in [1.54, 1.807) is 18.2 Å². The lowest BCUT2D eigenvalue weighted by atomic mass is 10.1. The van der Waals surface area contributed by atoms with Crippen molar-refractivity contribution in [2.75, 3.05) is 11.3 Å². The van der Waals surface area contributed by atoms with Crippen molar-refractivity contribution in [1.82, 2.24) is 5.32 Å². The average molecular weight is 429 g/mol. The van der Waals surface area contributed by atoms with Gasteiger partial charge in [0.05, 0.1) is 15.6 Å². The molecule has 1 amide bonds. The summed E-state index contributed by atoms with van der Waals surface area (Å²) in [6, 6.07) is 9.39. The van der Waals surface area contributed by atoms with Crippen molar-refractivity contribution in [3.8, 4) is 0 Å². The first-order valence-corrected chi connectivity index (χ1v) is 10.7. The van der Waals surface area contributed by atoms with Gasteiger partial charge in [0.15, 0.2) is 0 Å². The standard InChI is InChI=1S/C19H22Cl2N2O3S/c1-12(2)7-8-22-19(24)15-10-18(17(21)11-16(15)20)27(25,26)23-14-6-4-5-13(3)9-14/h4-6,9-12,23H,7-8H2,1-3H3,(H,22,24). The Balaban J connectivity index is 2.32. The minimum atomic E-state index is -3.99. The monoisotopic (exact) mass is 428 g/mol. The van der Waals surface area contributed by atoms with Crippen LogP contribution in [0.25, 0.3) is 0 Å². The van der Waals surface area contributed by atoms with E-state index < -0.39 is 15.9 Å². The van der Waals surface area contributed by atoms with Crippen LogP contribution in [-0.2, 0) is 10.0 Å². The van der Waals surface area contributed by atoms with Gasteiger partial charge in [-0.05, 0) is 49.1 Å². The summed E-state index contributed by atoms with van der Waals surface area (Å²) in [6.07, 6.45) is 0.803. The van der Waals surface area contributed by atoms with Crippen LogP contribution in [0.4, 0.5) is 5.69 Å². The Morgan fingerprint density at radius 1 is 1.11 bits per heavy atom. The van der Waals surface area contributed by atoms with Gasteiger partial charge in [-0.3, -0.25) is 9.52 Å². The molecule has 0 radical (unpaired) electrons. The predicted octanol–water partition coefficient (Wildman–Crippen LogP) is 4.88. The second kappa shape index (κ2) is 8.95. The SMILES string of the molecule is Cc1cccc(NS(=O)(=O)c2cc(C(=O)NCCC(C)C)c(Cl)cc2Cl)c1. The van der Waals surface area contributed by atoms with Crippen molar-refractivity contribution in [1.29, 1.82) is 0 Å². The van der Waals surface area contributed by atoms with E-state index in [2.05, 4.69) is 10.0 Å². The van der Waals surface area contributed by atoms with E-state index in [0.29, 0.717) is 18.2 Å².